The highest BCUT2D eigenvalue weighted by molar-refractivity contribution is 6.38. The van der Waals surface area contributed by atoms with Crippen LogP contribution in [0.1, 0.15) is 33.6 Å². The van der Waals surface area contributed by atoms with Crippen LogP contribution in [0, 0.1) is 5.92 Å². The summed E-state index contributed by atoms with van der Waals surface area (Å²) < 4.78 is 0. The molecule has 0 radical (unpaired) electrons. The van der Waals surface area contributed by atoms with Gasteiger partial charge in [-0.05, 0) is 25.8 Å². The number of likely N-dealkylation sites (tertiary alicyclic amines) is 1. The molecule has 0 bridgehead atoms. The van der Waals surface area contributed by atoms with Gasteiger partial charge in [0.1, 0.15) is 0 Å². The fraction of sp³-hybridized carbons (Fsp3) is 0.833. The largest absolute Gasteiger partial charge is 0.332 e. The summed E-state index contributed by atoms with van der Waals surface area (Å²) in [6.45, 7) is 8.69. The van der Waals surface area contributed by atoms with E-state index in [2.05, 4.69) is 19.2 Å². The van der Waals surface area contributed by atoms with Crippen molar-refractivity contribution in [3.63, 3.8) is 0 Å². The number of ketones is 1. The number of nitrogens with zero attached hydrogens (tertiary/aromatic N) is 1. The Kier molecular flexibility index (Phi) is 4.93. The molecule has 1 aliphatic rings. The number of Topliss-reactive ketones (excluding diaryl/α,β-unsaturated/α-hetero) is 1. The molecule has 92 valence electrons. The Morgan fingerprint density at radius 2 is 2.06 bits per heavy atom. The molecule has 0 aromatic carbocycles. The summed E-state index contributed by atoms with van der Waals surface area (Å²) in [5.74, 6) is 0.147. The molecule has 1 rings (SSSR count). The Morgan fingerprint density at radius 3 is 2.56 bits per heavy atom. The van der Waals surface area contributed by atoms with Gasteiger partial charge in [-0.2, -0.15) is 0 Å². The van der Waals surface area contributed by atoms with Crippen LogP contribution in [-0.4, -0.2) is 42.3 Å². The van der Waals surface area contributed by atoms with Crippen LogP contribution in [0.5, 0.6) is 0 Å². The average Bonchev–Trinajstić information content (AvgIpc) is 2.43. The number of hydrogen-bond acceptors (Lipinski definition) is 3. The second-order valence-corrected chi connectivity index (χ2v) is 4.91. The monoisotopic (exact) mass is 226 g/mol. The first-order valence-electron chi connectivity index (χ1n) is 6.07. The van der Waals surface area contributed by atoms with Crippen molar-refractivity contribution < 1.29 is 9.59 Å². The van der Waals surface area contributed by atoms with Gasteiger partial charge in [0, 0.05) is 25.6 Å². The Labute approximate surface area is 97.4 Å². The lowest BCUT2D eigenvalue weighted by Gasteiger charge is -2.20. The number of carbonyl (C=O) groups is 2. The molecule has 0 saturated carbocycles. The van der Waals surface area contributed by atoms with Crippen LogP contribution in [0.4, 0.5) is 0 Å². The zero-order valence-electron chi connectivity index (χ0n) is 10.5. The van der Waals surface area contributed by atoms with Gasteiger partial charge < -0.3 is 10.2 Å². The van der Waals surface area contributed by atoms with Gasteiger partial charge in [0.25, 0.3) is 5.91 Å². The number of amides is 1. The molecule has 1 atom stereocenters. The molecule has 1 aliphatic heterocycles. The smallest absolute Gasteiger partial charge is 0.290 e. The van der Waals surface area contributed by atoms with E-state index in [1.165, 1.54) is 0 Å². The van der Waals surface area contributed by atoms with Gasteiger partial charge in [-0.3, -0.25) is 9.59 Å². The zero-order valence-corrected chi connectivity index (χ0v) is 10.5. The van der Waals surface area contributed by atoms with Crippen molar-refractivity contribution in [3.05, 3.63) is 0 Å². The summed E-state index contributed by atoms with van der Waals surface area (Å²) >= 11 is 0. The van der Waals surface area contributed by atoms with Crippen LogP contribution in [0.2, 0.25) is 0 Å². The highest BCUT2D eigenvalue weighted by Gasteiger charge is 2.34. The standard InChI is InChI=1S/C12H22N2O2/c1-9(2)4-5-13-6-7-14-10(3)8-11(15)12(14)16/h9-10,13H,4-8H2,1-3H3. The molecule has 0 aromatic rings. The normalized spacial score (nSPS) is 21.2. The van der Waals surface area contributed by atoms with Gasteiger partial charge in [0.05, 0.1) is 0 Å². The van der Waals surface area contributed by atoms with Crippen molar-refractivity contribution in [1.82, 2.24) is 10.2 Å². The Hall–Kier alpha value is -0.900. The second-order valence-electron chi connectivity index (χ2n) is 4.91. The molecule has 1 amide bonds. The third-order valence-electron chi connectivity index (χ3n) is 2.94. The molecule has 4 heteroatoms. The van der Waals surface area contributed by atoms with E-state index in [1.807, 2.05) is 6.92 Å². The minimum Gasteiger partial charge on any atom is -0.332 e. The van der Waals surface area contributed by atoms with E-state index in [9.17, 15) is 9.59 Å². The van der Waals surface area contributed by atoms with Gasteiger partial charge >= 0.3 is 0 Å². The lowest BCUT2D eigenvalue weighted by atomic mass is 10.1. The average molecular weight is 226 g/mol. The molecule has 1 fully saturated rings. The molecule has 1 heterocycles. The number of hydrogen-bond donors (Lipinski definition) is 1. The molecular formula is C12H22N2O2. The van der Waals surface area contributed by atoms with Crippen LogP contribution >= 0.6 is 0 Å². The Bertz CT molecular complexity index is 264. The lowest BCUT2D eigenvalue weighted by molar-refractivity contribution is -0.140. The van der Waals surface area contributed by atoms with Gasteiger partial charge in [-0.1, -0.05) is 13.8 Å². The van der Waals surface area contributed by atoms with E-state index in [0.717, 1.165) is 19.5 Å². The van der Waals surface area contributed by atoms with Crippen molar-refractivity contribution in [2.75, 3.05) is 19.6 Å². The predicted octanol–water partition coefficient (Wildman–Crippen LogP) is 0.812. The molecule has 1 N–H and O–H groups in total. The molecule has 0 spiro atoms. The topological polar surface area (TPSA) is 49.4 Å². The molecule has 1 saturated heterocycles. The van der Waals surface area contributed by atoms with Crippen molar-refractivity contribution >= 4 is 11.7 Å². The summed E-state index contributed by atoms with van der Waals surface area (Å²) in [4.78, 5) is 24.3. The highest BCUT2D eigenvalue weighted by Crippen LogP contribution is 2.13. The third kappa shape index (κ3) is 3.59. The molecule has 1 unspecified atom stereocenters. The summed E-state index contributed by atoms with van der Waals surface area (Å²) in [5, 5.41) is 3.29. The zero-order chi connectivity index (χ0) is 12.1. The summed E-state index contributed by atoms with van der Waals surface area (Å²) in [7, 11) is 0. The van der Waals surface area contributed by atoms with E-state index in [0.29, 0.717) is 18.9 Å². The number of rotatable bonds is 6. The van der Waals surface area contributed by atoms with Crippen LogP contribution in [-0.2, 0) is 9.59 Å². The predicted molar refractivity (Wildman–Crippen MR) is 63.1 cm³/mol. The van der Waals surface area contributed by atoms with Gasteiger partial charge in [0.2, 0.25) is 5.78 Å². The van der Waals surface area contributed by atoms with Crippen LogP contribution in [0.3, 0.4) is 0 Å². The van der Waals surface area contributed by atoms with E-state index < -0.39 is 0 Å². The molecule has 0 aliphatic carbocycles. The van der Waals surface area contributed by atoms with Crippen LogP contribution < -0.4 is 5.32 Å². The second kappa shape index (κ2) is 5.99. The first-order chi connectivity index (χ1) is 7.52. The first kappa shape index (κ1) is 13.2. The van der Waals surface area contributed by atoms with E-state index >= 15 is 0 Å². The fourth-order valence-corrected chi connectivity index (χ4v) is 1.86. The molecule has 4 nitrogen and oxygen atoms in total. The first-order valence-corrected chi connectivity index (χ1v) is 6.07. The molecular weight excluding hydrogens is 204 g/mol. The van der Waals surface area contributed by atoms with Crippen molar-refractivity contribution in [2.45, 2.75) is 39.7 Å². The Balaban J connectivity index is 2.18. The SMILES string of the molecule is CC(C)CCNCCN1C(=O)C(=O)CC1C. The molecule has 16 heavy (non-hydrogen) atoms. The summed E-state index contributed by atoms with van der Waals surface area (Å²) in [6, 6.07) is 0.0758. The number of carbonyl (C=O) groups excluding carboxylic acids is 2. The van der Waals surface area contributed by atoms with E-state index in [1.54, 1.807) is 4.90 Å². The fourth-order valence-electron chi connectivity index (χ4n) is 1.86. The van der Waals surface area contributed by atoms with E-state index in [-0.39, 0.29) is 17.7 Å². The summed E-state index contributed by atoms with van der Waals surface area (Å²) in [6.07, 6.45) is 1.52. The van der Waals surface area contributed by atoms with Crippen LogP contribution in [0.15, 0.2) is 0 Å². The van der Waals surface area contributed by atoms with Crippen LogP contribution in [0.25, 0.3) is 0 Å². The minimum atomic E-state index is -0.307. The summed E-state index contributed by atoms with van der Waals surface area (Å²) in [5.41, 5.74) is 0. The maximum absolute atomic E-state index is 11.4. The van der Waals surface area contributed by atoms with Crippen molar-refractivity contribution in [2.24, 2.45) is 5.92 Å². The van der Waals surface area contributed by atoms with Crippen molar-refractivity contribution in [1.29, 1.82) is 0 Å². The third-order valence-corrected chi connectivity index (χ3v) is 2.94. The molecule has 0 aromatic heterocycles. The lowest BCUT2D eigenvalue weighted by Crippen LogP contribution is -2.38. The Morgan fingerprint density at radius 1 is 1.38 bits per heavy atom. The maximum Gasteiger partial charge on any atom is 0.290 e. The van der Waals surface area contributed by atoms with E-state index in [4.69, 9.17) is 0 Å². The van der Waals surface area contributed by atoms with Gasteiger partial charge in [-0.15, -0.1) is 0 Å². The van der Waals surface area contributed by atoms with Gasteiger partial charge in [0.15, 0.2) is 0 Å². The number of nitrogens with one attached hydrogen (secondary N) is 1. The highest BCUT2D eigenvalue weighted by atomic mass is 16.2. The maximum atomic E-state index is 11.4. The minimum absolute atomic E-state index is 0.0758. The van der Waals surface area contributed by atoms with Gasteiger partial charge in [-0.25, -0.2) is 0 Å². The quantitative estimate of drug-likeness (QED) is 0.538. The van der Waals surface area contributed by atoms with Crippen molar-refractivity contribution in [3.8, 4) is 0 Å².